The average Bonchev–Trinajstić information content (AvgIpc) is 3.11. The minimum Gasteiger partial charge on any atom is -0.380 e. The fourth-order valence-electron chi connectivity index (χ4n) is 2.66. The van der Waals surface area contributed by atoms with Crippen molar-refractivity contribution >= 4 is 23.7 Å². The van der Waals surface area contributed by atoms with E-state index in [1.54, 1.807) is 7.11 Å². The molecule has 0 saturated heterocycles. The molecule has 0 aliphatic carbocycles. The molecule has 0 aliphatic rings. The van der Waals surface area contributed by atoms with Crippen LogP contribution in [0.25, 0.3) is 0 Å². The van der Waals surface area contributed by atoms with Crippen molar-refractivity contribution in [3.63, 3.8) is 0 Å². The predicted molar refractivity (Wildman–Crippen MR) is 140 cm³/mol. The molecule has 0 amide bonds. The molecule has 1 heterocycles. The zero-order chi connectivity index (χ0) is 23.6. The number of methoxy groups -OCH3 is 1. The number of benzene rings is 1. The van der Waals surface area contributed by atoms with Gasteiger partial charge in [-0.1, -0.05) is 41.9 Å². The molecule has 1 N–H and O–H groups in total. The molecule has 1 atom stereocenters. The minimum atomic E-state index is -0.940. The molecule has 2 rings (SSSR count). The molecule has 5 heteroatoms. The third-order valence-corrected chi connectivity index (χ3v) is 5.19. The predicted octanol–water partition coefficient (Wildman–Crippen LogP) is 4.87. The molecule has 0 bridgehead atoms. The molecule has 0 aliphatic heterocycles. The maximum absolute atomic E-state index is 10.6. The Kier molecular flexibility index (Phi) is 11.8. The number of nitrogens with zero attached hydrogens (tertiary/aromatic N) is 1. The van der Waals surface area contributed by atoms with Crippen LogP contribution in [0.5, 0.6) is 0 Å². The van der Waals surface area contributed by atoms with Gasteiger partial charge in [0.1, 0.15) is 0 Å². The number of thiophene rings is 1. The van der Waals surface area contributed by atoms with E-state index in [0.29, 0.717) is 6.61 Å². The molecular formula is C28H30ClNO2S. The lowest BCUT2D eigenvalue weighted by Crippen LogP contribution is -2.09. The number of hydrogen-bond acceptors (Lipinski definition) is 4. The van der Waals surface area contributed by atoms with E-state index >= 15 is 0 Å². The number of aliphatic hydroxyl groups excluding tert-OH is 1. The molecule has 33 heavy (non-hydrogen) atoms. The zero-order valence-corrected chi connectivity index (χ0v) is 21.6. The summed E-state index contributed by atoms with van der Waals surface area (Å²) in [6.45, 7) is 7.33. The fourth-order valence-corrected chi connectivity index (χ4v) is 3.83. The Bertz CT molecular complexity index is 1180. The van der Waals surface area contributed by atoms with Crippen LogP contribution < -0.4 is 0 Å². The first kappa shape index (κ1) is 28.4. The van der Waals surface area contributed by atoms with Crippen LogP contribution in [0, 0.1) is 52.8 Å². The molecule has 2 aromatic rings. The minimum absolute atomic E-state index is 0. The molecule has 0 saturated carbocycles. The second-order valence-electron chi connectivity index (χ2n) is 8.49. The van der Waals surface area contributed by atoms with Crippen molar-refractivity contribution in [1.82, 2.24) is 4.90 Å². The first-order valence-electron chi connectivity index (χ1n) is 10.3. The van der Waals surface area contributed by atoms with Crippen molar-refractivity contribution in [2.45, 2.75) is 40.0 Å². The molecule has 1 aromatic carbocycles. The van der Waals surface area contributed by atoms with Gasteiger partial charge in [-0.2, -0.15) is 0 Å². The Morgan fingerprint density at radius 1 is 1.03 bits per heavy atom. The Morgan fingerprint density at radius 2 is 1.70 bits per heavy atom. The monoisotopic (exact) mass is 479 g/mol. The van der Waals surface area contributed by atoms with Crippen LogP contribution in [0.2, 0.25) is 0 Å². The van der Waals surface area contributed by atoms with E-state index in [2.05, 4.69) is 52.3 Å². The standard InChI is InChI=1S/C28H29NO2S.ClH/c1-28(2,3)18-12-11-17-26(30)27-23(19-25(32-27)20-29(4)5)15-9-7-13-22-14-8-10-16-24(22)21-31-6;/h8,10,14,16,19,26,30H,20-21H2,1-6H3;1H. The highest BCUT2D eigenvalue weighted by atomic mass is 35.5. The first-order chi connectivity index (χ1) is 15.2. The van der Waals surface area contributed by atoms with E-state index in [9.17, 15) is 5.11 Å². The molecular weight excluding hydrogens is 450 g/mol. The summed E-state index contributed by atoms with van der Waals surface area (Å²) < 4.78 is 5.22. The largest absolute Gasteiger partial charge is 0.380 e. The van der Waals surface area contributed by atoms with E-state index in [1.807, 2.05) is 65.2 Å². The molecule has 0 radical (unpaired) electrons. The van der Waals surface area contributed by atoms with Crippen LogP contribution in [-0.2, 0) is 17.9 Å². The molecule has 1 unspecified atom stereocenters. The van der Waals surface area contributed by atoms with Gasteiger partial charge in [-0.25, -0.2) is 0 Å². The number of halogens is 1. The van der Waals surface area contributed by atoms with Crippen LogP contribution in [-0.4, -0.2) is 31.2 Å². The SMILES string of the molecule is COCc1ccccc1C#CC#Cc1cc(CN(C)C)sc1C(O)C#CC#CC(C)(C)C.Cl. The number of ether oxygens (including phenoxy) is 1. The summed E-state index contributed by atoms with van der Waals surface area (Å²) >= 11 is 1.51. The summed E-state index contributed by atoms with van der Waals surface area (Å²) in [4.78, 5) is 3.90. The van der Waals surface area contributed by atoms with Gasteiger partial charge in [0.2, 0.25) is 0 Å². The van der Waals surface area contributed by atoms with Gasteiger partial charge in [0.15, 0.2) is 6.10 Å². The van der Waals surface area contributed by atoms with Crippen molar-refractivity contribution in [1.29, 1.82) is 0 Å². The van der Waals surface area contributed by atoms with Gasteiger partial charge in [0, 0.05) is 35.1 Å². The van der Waals surface area contributed by atoms with Crippen LogP contribution in [0.15, 0.2) is 30.3 Å². The van der Waals surface area contributed by atoms with Gasteiger partial charge in [-0.3, -0.25) is 0 Å². The maximum atomic E-state index is 10.6. The summed E-state index contributed by atoms with van der Waals surface area (Å²) in [5.74, 6) is 23.5. The summed E-state index contributed by atoms with van der Waals surface area (Å²) in [6, 6.07) is 9.84. The highest BCUT2D eigenvalue weighted by Crippen LogP contribution is 2.28. The van der Waals surface area contributed by atoms with Gasteiger partial charge in [-0.15, -0.1) is 23.7 Å². The Hall–Kier alpha value is -2.67. The third-order valence-electron chi connectivity index (χ3n) is 4.02. The van der Waals surface area contributed by atoms with Crippen LogP contribution in [0.1, 0.15) is 53.3 Å². The lowest BCUT2D eigenvalue weighted by Gasteiger charge is -2.06. The Labute approximate surface area is 209 Å². The lowest BCUT2D eigenvalue weighted by atomic mass is 9.98. The maximum Gasteiger partial charge on any atom is 0.151 e. The van der Waals surface area contributed by atoms with Crippen molar-refractivity contribution in [2.24, 2.45) is 5.41 Å². The van der Waals surface area contributed by atoms with Gasteiger partial charge < -0.3 is 14.7 Å². The quantitative estimate of drug-likeness (QED) is 0.621. The highest BCUT2D eigenvalue weighted by molar-refractivity contribution is 7.12. The summed E-state index contributed by atoms with van der Waals surface area (Å²) in [5.41, 5.74) is 2.54. The third kappa shape index (κ3) is 10.2. The number of aliphatic hydroxyl groups is 1. The van der Waals surface area contributed by atoms with E-state index in [4.69, 9.17) is 4.74 Å². The van der Waals surface area contributed by atoms with Gasteiger partial charge in [0.25, 0.3) is 0 Å². The van der Waals surface area contributed by atoms with Gasteiger partial charge in [-0.05, 0) is 76.2 Å². The normalized spacial score (nSPS) is 10.8. The topological polar surface area (TPSA) is 32.7 Å². The molecule has 3 nitrogen and oxygen atoms in total. The van der Waals surface area contributed by atoms with Crippen molar-refractivity contribution in [3.8, 4) is 47.4 Å². The van der Waals surface area contributed by atoms with Crippen molar-refractivity contribution < 1.29 is 9.84 Å². The molecule has 0 fully saturated rings. The van der Waals surface area contributed by atoms with E-state index < -0.39 is 6.10 Å². The smallest absolute Gasteiger partial charge is 0.151 e. The highest BCUT2D eigenvalue weighted by Gasteiger charge is 2.14. The van der Waals surface area contributed by atoms with Crippen LogP contribution >= 0.6 is 23.7 Å². The second kappa shape index (κ2) is 13.8. The Morgan fingerprint density at radius 3 is 2.33 bits per heavy atom. The van der Waals surface area contributed by atoms with Crippen molar-refractivity contribution in [2.75, 3.05) is 21.2 Å². The molecule has 0 spiro atoms. The lowest BCUT2D eigenvalue weighted by molar-refractivity contribution is 0.184. The van der Waals surface area contributed by atoms with E-state index in [1.165, 1.54) is 11.3 Å². The van der Waals surface area contributed by atoms with Gasteiger partial charge in [0.05, 0.1) is 11.5 Å². The average molecular weight is 480 g/mol. The van der Waals surface area contributed by atoms with Crippen molar-refractivity contribution in [3.05, 3.63) is 56.8 Å². The van der Waals surface area contributed by atoms with E-state index in [-0.39, 0.29) is 17.8 Å². The fraction of sp³-hybridized carbons (Fsp3) is 0.357. The number of hydrogen-bond donors (Lipinski definition) is 1. The molecule has 1 aromatic heterocycles. The summed E-state index contributed by atoms with van der Waals surface area (Å²) in [5, 5.41) is 10.6. The molecule has 172 valence electrons. The summed E-state index contributed by atoms with van der Waals surface area (Å²) in [7, 11) is 5.67. The Balaban J connectivity index is 0.00000544. The van der Waals surface area contributed by atoms with E-state index in [0.717, 1.165) is 33.0 Å². The number of rotatable bonds is 5. The van der Waals surface area contributed by atoms with Gasteiger partial charge >= 0.3 is 0 Å². The van der Waals surface area contributed by atoms with Crippen LogP contribution in [0.4, 0.5) is 0 Å². The summed E-state index contributed by atoms with van der Waals surface area (Å²) in [6.07, 6.45) is -0.940. The second-order valence-corrected chi connectivity index (χ2v) is 9.66. The van der Waals surface area contributed by atoms with Crippen LogP contribution in [0.3, 0.4) is 0 Å². The zero-order valence-electron chi connectivity index (χ0n) is 20.0. The first-order valence-corrected chi connectivity index (χ1v) is 11.1.